The van der Waals surface area contributed by atoms with Crippen molar-refractivity contribution >= 4 is 27.8 Å². The lowest BCUT2D eigenvalue weighted by Gasteiger charge is -2.14. The minimum atomic E-state index is -0.219. The highest BCUT2D eigenvalue weighted by Gasteiger charge is 2.02. The molecule has 0 atom stereocenters. The number of nitrogens with zero attached hydrogens (tertiary/aromatic N) is 1. The fourth-order valence-electron chi connectivity index (χ4n) is 2.13. The van der Waals surface area contributed by atoms with Gasteiger partial charge in [-0.25, -0.2) is 0 Å². The van der Waals surface area contributed by atoms with Crippen LogP contribution in [0.5, 0.6) is 0 Å². The van der Waals surface area contributed by atoms with Gasteiger partial charge in [-0.3, -0.25) is 5.21 Å². The average Bonchev–Trinajstić information content (AvgIpc) is 2.79. The predicted octanol–water partition coefficient (Wildman–Crippen LogP) is 3.48. The zero-order valence-corrected chi connectivity index (χ0v) is 9.50. The standard InChI is InChI=1S/C14H11N2O2/c17-16(18)8-7-12-9-11-6-5-10-3-1-2-4-13(10)14(11)15-12/h1-9,15,17H/q-1/b8-7+. The molecule has 0 fully saturated rings. The Kier molecular flexibility index (Phi) is 2.51. The summed E-state index contributed by atoms with van der Waals surface area (Å²) in [7, 11) is 0. The largest absolute Gasteiger partial charge is 0.734 e. The summed E-state index contributed by atoms with van der Waals surface area (Å²) in [6.45, 7) is 0. The first-order valence-electron chi connectivity index (χ1n) is 5.58. The molecule has 0 aliphatic rings. The van der Waals surface area contributed by atoms with Gasteiger partial charge in [0, 0.05) is 22.7 Å². The van der Waals surface area contributed by atoms with Gasteiger partial charge >= 0.3 is 0 Å². The Labute approximate surface area is 103 Å². The van der Waals surface area contributed by atoms with Crippen molar-refractivity contribution in [3.05, 3.63) is 59.6 Å². The van der Waals surface area contributed by atoms with E-state index in [0.717, 1.165) is 33.6 Å². The van der Waals surface area contributed by atoms with E-state index in [1.54, 1.807) is 0 Å². The molecule has 1 heterocycles. The van der Waals surface area contributed by atoms with Crippen molar-refractivity contribution in [3.63, 3.8) is 0 Å². The van der Waals surface area contributed by atoms with E-state index in [4.69, 9.17) is 5.21 Å². The monoisotopic (exact) mass is 239 g/mol. The number of aromatic nitrogens is 1. The molecule has 0 unspecified atom stereocenters. The molecular formula is C14H11N2O2-. The van der Waals surface area contributed by atoms with Crippen LogP contribution in [0.3, 0.4) is 0 Å². The summed E-state index contributed by atoms with van der Waals surface area (Å²) in [4.78, 5) is 3.23. The van der Waals surface area contributed by atoms with Gasteiger partial charge in [-0.15, -0.1) is 0 Å². The smallest absolute Gasteiger partial charge is 0.0538 e. The summed E-state index contributed by atoms with van der Waals surface area (Å²) in [5.74, 6) is 0. The van der Waals surface area contributed by atoms with E-state index < -0.39 is 0 Å². The number of H-pyrrole nitrogens is 1. The fraction of sp³-hybridized carbons (Fsp3) is 0. The second kappa shape index (κ2) is 4.18. The topological polar surface area (TPSA) is 62.3 Å². The third kappa shape index (κ3) is 1.84. The molecule has 0 saturated heterocycles. The van der Waals surface area contributed by atoms with Crippen molar-refractivity contribution < 1.29 is 5.21 Å². The van der Waals surface area contributed by atoms with Gasteiger partial charge in [-0.1, -0.05) is 36.4 Å². The Hall–Kier alpha value is -2.30. The Balaban J connectivity index is 2.19. The van der Waals surface area contributed by atoms with Crippen molar-refractivity contribution in [2.45, 2.75) is 0 Å². The van der Waals surface area contributed by atoms with Crippen LogP contribution in [0.25, 0.3) is 27.8 Å². The van der Waals surface area contributed by atoms with E-state index in [1.807, 2.05) is 30.3 Å². The Morgan fingerprint density at radius 1 is 1.11 bits per heavy atom. The van der Waals surface area contributed by atoms with Gasteiger partial charge in [0.25, 0.3) is 0 Å². The summed E-state index contributed by atoms with van der Waals surface area (Å²) in [5.41, 5.74) is 1.80. The molecule has 0 amide bonds. The van der Waals surface area contributed by atoms with Crippen LogP contribution in [0.2, 0.25) is 0 Å². The summed E-state index contributed by atoms with van der Waals surface area (Å²) in [5, 5.41) is 22.1. The number of nitrogens with one attached hydrogen (secondary N) is 1. The maximum absolute atomic E-state index is 10.4. The van der Waals surface area contributed by atoms with Crippen LogP contribution in [0.1, 0.15) is 5.69 Å². The molecule has 0 saturated carbocycles. The highest BCUT2D eigenvalue weighted by atomic mass is 16.8. The Bertz CT molecular complexity index is 729. The predicted molar refractivity (Wildman–Crippen MR) is 71.8 cm³/mol. The zero-order chi connectivity index (χ0) is 12.5. The minimum Gasteiger partial charge on any atom is -0.734 e. The highest BCUT2D eigenvalue weighted by Crippen LogP contribution is 2.25. The number of aromatic amines is 1. The highest BCUT2D eigenvalue weighted by molar-refractivity contribution is 6.06. The van der Waals surface area contributed by atoms with Crippen LogP contribution >= 0.6 is 0 Å². The molecule has 0 radical (unpaired) electrons. The third-order valence-electron chi connectivity index (χ3n) is 2.92. The van der Waals surface area contributed by atoms with Crippen molar-refractivity contribution in [3.8, 4) is 0 Å². The van der Waals surface area contributed by atoms with E-state index in [2.05, 4.69) is 17.1 Å². The van der Waals surface area contributed by atoms with Gasteiger partial charge in [0.1, 0.15) is 0 Å². The third-order valence-corrected chi connectivity index (χ3v) is 2.92. The maximum atomic E-state index is 10.4. The number of fused-ring (bicyclic) bond motifs is 3. The molecule has 18 heavy (non-hydrogen) atoms. The van der Waals surface area contributed by atoms with Crippen LogP contribution in [0, 0.1) is 5.21 Å². The lowest BCUT2D eigenvalue weighted by molar-refractivity contribution is 0.0129. The van der Waals surface area contributed by atoms with E-state index in [1.165, 1.54) is 6.08 Å². The van der Waals surface area contributed by atoms with Crippen molar-refractivity contribution in [1.82, 2.24) is 10.2 Å². The number of benzene rings is 2. The lowest BCUT2D eigenvalue weighted by Crippen LogP contribution is -1.97. The Morgan fingerprint density at radius 3 is 2.72 bits per heavy atom. The van der Waals surface area contributed by atoms with Gasteiger partial charge in [0.15, 0.2) is 0 Å². The summed E-state index contributed by atoms with van der Waals surface area (Å²) >= 11 is 0. The number of hydrogen-bond acceptors (Lipinski definition) is 3. The first-order chi connectivity index (χ1) is 8.74. The molecule has 4 nitrogen and oxygen atoms in total. The van der Waals surface area contributed by atoms with Crippen molar-refractivity contribution in [2.24, 2.45) is 0 Å². The van der Waals surface area contributed by atoms with Crippen LogP contribution in [-0.4, -0.2) is 15.4 Å². The molecule has 90 valence electrons. The molecule has 0 aliphatic carbocycles. The van der Waals surface area contributed by atoms with Crippen LogP contribution in [-0.2, 0) is 0 Å². The van der Waals surface area contributed by atoms with Gasteiger partial charge in [-0.05, 0) is 17.5 Å². The van der Waals surface area contributed by atoms with Crippen molar-refractivity contribution in [1.29, 1.82) is 0 Å². The van der Waals surface area contributed by atoms with Gasteiger partial charge < -0.3 is 15.4 Å². The Morgan fingerprint density at radius 2 is 1.89 bits per heavy atom. The second-order valence-corrected chi connectivity index (χ2v) is 4.09. The quantitative estimate of drug-likeness (QED) is 0.673. The first kappa shape index (κ1) is 10.8. The van der Waals surface area contributed by atoms with Gasteiger partial charge in [0.05, 0.1) is 5.52 Å². The van der Waals surface area contributed by atoms with Gasteiger partial charge in [-0.2, -0.15) is 0 Å². The number of hydrogen-bond donors (Lipinski definition) is 2. The molecule has 0 spiro atoms. The summed E-state index contributed by atoms with van der Waals surface area (Å²) in [6.07, 6.45) is 2.58. The summed E-state index contributed by atoms with van der Waals surface area (Å²) < 4.78 is 0. The lowest BCUT2D eigenvalue weighted by atomic mass is 10.1. The molecule has 3 aromatic rings. The molecule has 2 N–H and O–H groups in total. The normalized spacial score (nSPS) is 11.7. The van der Waals surface area contributed by atoms with Crippen LogP contribution in [0.4, 0.5) is 0 Å². The van der Waals surface area contributed by atoms with Crippen LogP contribution < -0.4 is 0 Å². The zero-order valence-electron chi connectivity index (χ0n) is 9.50. The molecule has 3 rings (SSSR count). The van der Waals surface area contributed by atoms with Crippen LogP contribution in [0.15, 0.2) is 48.7 Å². The fourth-order valence-corrected chi connectivity index (χ4v) is 2.13. The van der Waals surface area contributed by atoms with E-state index in [-0.39, 0.29) is 5.23 Å². The molecule has 2 aromatic carbocycles. The van der Waals surface area contributed by atoms with E-state index >= 15 is 0 Å². The van der Waals surface area contributed by atoms with E-state index in [0.29, 0.717) is 0 Å². The maximum Gasteiger partial charge on any atom is 0.0538 e. The first-order valence-corrected chi connectivity index (χ1v) is 5.58. The molecule has 0 bridgehead atoms. The molecule has 0 aliphatic heterocycles. The van der Waals surface area contributed by atoms with Gasteiger partial charge in [0.2, 0.25) is 0 Å². The molecule has 1 aromatic heterocycles. The molecular weight excluding hydrogens is 228 g/mol. The van der Waals surface area contributed by atoms with Crippen molar-refractivity contribution in [2.75, 3.05) is 0 Å². The molecule has 4 heteroatoms. The summed E-state index contributed by atoms with van der Waals surface area (Å²) in [6, 6.07) is 14.1. The number of hydroxylamine groups is 2. The SMILES string of the molecule is [O-]N(O)/C=C/c1cc2ccc3ccccc3c2[nH]1. The van der Waals surface area contributed by atoms with E-state index in [9.17, 15) is 5.21 Å². The minimum absolute atomic E-state index is 0.219. The average molecular weight is 239 g/mol. The number of rotatable bonds is 2. The second-order valence-electron chi connectivity index (χ2n) is 4.09.